The molecule has 2 aromatic rings. The molecule has 1 atom stereocenters. The summed E-state index contributed by atoms with van der Waals surface area (Å²) in [5.74, 6) is 0.954. The minimum Gasteiger partial charge on any atom is -0.328 e. The summed E-state index contributed by atoms with van der Waals surface area (Å²) in [5, 5.41) is 7.84. The van der Waals surface area contributed by atoms with Crippen molar-refractivity contribution in [3.63, 3.8) is 0 Å². The molecule has 0 aliphatic rings. The molecule has 0 aromatic carbocycles. The minimum absolute atomic E-state index is 0.110. The van der Waals surface area contributed by atoms with Crippen molar-refractivity contribution < 1.29 is 0 Å². The van der Waals surface area contributed by atoms with Gasteiger partial charge < -0.3 is 10.3 Å². The Bertz CT molecular complexity index is 445. The molecule has 0 radical (unpaired) electrons. The number of hydrogen-bond donors (Lipinski definition) is 1. The molecule has 74 valence electrons. The molecular formula is C9H13N5. The first-order chi connectivity index (χ1) is 6.68. The Morgan fingerprint density at radius 3 is 3.00 bits per heavy atom. The van der Waals surface area contributed by atoms with Crippen LogP contribution in [0.25, 0.3) is 11.2 Å². The van der Waals surface area contributed by atoms with Crippen molar-refractivity contribution in [3.8, 4) is 0 Å². The highest BCUT2D eigenvalue weighted by Crippen LogP contribution is 2.11. The fourth-order valence-corrected chi connectivity index (χ4v) is 1.45. The lowest BCUT2D eigenvalue weighted by Gasteiger charge is -2.03. The van der Waals surface area contributed by atoms with Crippen LogP contribution in [0.4, 0.5) is 0 Å². The van der Waals surface area contributed by atoms with Crippen molar-refractivity contribution in [2.45, 2.75) is 19.4 Å². The molecule has 0 fully saturated rings. The highest BCUT2D eigenvalue weighted by atomic mass is 15.2. The maximum Gasteiger partial charge on any atom is 0.182 e. The number of nitrogens with two attached hydrogens (primary N) is 1. The molecule has 2 rings (SSSR count). The third-order valence-corrected chi connectivity index (χ3v) is 2.14. The van der Waals surface area contributed by atoms with E-state index in [0.29, 0.717) is 0 Å². The van der Waals surface area contributed by atoms with E-state index in [1.165, 1.54) is 0 Å². The van der Waals surface area contributed by atoms with Crippen LogP contribution in [0, 0.1) is 0 Å². The van der Waals surface area contributed by atoms with Crippen LogP contribution < -0.4 is 5.73 Å². The quantitative estimate of drug-likeness (QED) is 0.738. The van der Waals surface area contributed by atoms with E-state index in [4.69, 9.17) is 5.73 Å². The largest absolute Gasteiger partial charge is 0.328 e. The van der Waals surface area contributed by atoms with Crippen LogP contribution in [0.15, 0.2) is 12.3 Å². The van der Waals surface area contributed by atoms with Crippen molar-refractivity contribution in [1.29, 1.82) is 0 Å². The van der Waals surface area contributed by atoms with Crippen molar-refractivity contribution in [2.75, 3.05) is 0 Å². The number of aromatic nitrogens is 4. The van der Waals surface area contributed by atoms with Crippen LogP contribution in [-0.2, 0) is 13.5 Å². The molecule has 1 unspecified atom stereocenters. The van der Waals surface area contributed by atoms with E-state index in [9.17, 15) is 0 Å². The average molecular weight is 191 g/mol. The molecule has 0 spiro atoms. The molecule has 2 heterocycles. The number of nitrogens with zero attached hydrogens (tertiary/aromatic N) is 4. The van der Waals surface area contributed by atoms with Crippen molar-refractivity contribution >= 4 is 11.2 Å². The predicted molar refractivity (Wildman–Crippen MR) is 53.7 cm³/mol. The second-order valence-corrected chi connectivity index (χ2v) is 3.51. The van der Waals surface area contributed by atoms with Crippen molar-refractivity contribution in [3.05, 3.63) is 18.1 Å². The topological polar surface area (TPSA) is 69.6 Å². The Balaban J connectivity index is 2.51. The van der Waals surface area contributed by atoms with Gasteiger partial charge >= 0.3 is 0 Å². The molecule has 14 heavy (non-hydrogen) atoms. The van der Waals surface area contributed by atoms with Gasteiger partial charge in [-0.3, -0.25) is 0 Å². The van der Waals surface area contributed by atoms with Gasteiger partial charge in [0.1, 0.15) is 11.3 Å². The lowest BCUT2D eigenvalue weighted by atomic mass is 10.2. The normalized spacial score (nSPS) is 13.4. The second-order valence-electron chi connectivity index (χ2n) is 3.51. The average Bonchev–Trinajstić information content (AvgIpc) is 2.44. The molecule has 0 saturated heterocycles. The van der Waals surface area contributed by atoms with Crippen LogP contribution in [0.1, 0.15) is 12.7 Å². The van der Waals surface area contributed by atoms with Gasteiger partial charge in [0.25, 0.3) is 0 Å². The lowest BCUT2D eigenvalue weighted by Crippen LogP contribution is -2.20. The third kappa shape index (κ3) is 1.46. The van der Waals surface area contributed by atoms with E-state index in [0.717, 1.165) is 23.4 Å². The standard InChI is InChI=1S/C9H13N5/c1-6(10)5-8-12-7-3-4-11-13-9(7)14(8)2/h3-4,6H,5,10H2,1-2H3. The molecule has 2 N–H and O–H groups in total. The van der Waals surface area contributed by atoms with Crippen molar-refractivity contribution in [1.82, 2.24) is 19.7 Å². The lowest BCUT2D eigenvalue weighted by molar-refractivity contribution is 0.675. The zero-order valence-electron chi connectivity index (χ0n) is 8.31. The smallest absolute Gasteiger partial charge is 0.182 e. The summed E-state index contributed by atoms with van der Waals surface area (Å²) in [5.41, 5.74) is 7.41. The first-order valence-electron chi connectivity index (χ1n) is 4.57. The number of rotatable bonds is 2. The molecule has 5 nitrogen and oxygen atoms in total. The third-order valence-electron chi connectivity index (χ3n) is 2.14. The first-order valence-corrected chi connectivity index (χ1v) is 4.57. The summed E-state index contributed by atoms with van der Waals surface area (Å²) in [7, 11) is 1.93. The van der Waals surface area contributed by atoms with Crippen LogP contribution in [0.3, 0.4) is 0 Å². The summed E-state index contributed by atoms with van der Waals surface area (Å²) in [6, 6.07) is 1.96. The van der Waals surface area contributed by atoms with Gasteiger partial charge in [-0.25, -0.2) is 4.98 Å². The van der Waals surface area contributed by atoms with E-state index in [-0.39, 0.29) is 6.04 Å². The van der Waals surface area contributed by atoms with Gasteiger partial charge in [-0.15, -0.1) is 5.10 Å². The highest BCUT2D eigenvalue weighted by molar-refractivity contribution is 5.70. The molecule has 0 aliphatic carbocycles. The van der Waals surface area contributed by atoms with Crippen LogP contribution in [0.5, 0.6) is 0 Å². The van der Waals surface area contributed by atoms with Gasteiger partial charge in [0.15, 0.2) is 5.65 Å². The molecular weight excluding hydrogens is 178 g/mol. The zero-order chi connectivity index (χ0) is 10.1. The van der Waals surface area contributed by atoms with E-state index in [1.807, 2.05) is 24.6 Å². The highest BCUT2D eigenvalue weighted by Gasteiger charge is 2.09. The van der Waals surface area contributed by atoms with E-state index in [1.54, 1.807) is 6.20 Å². The Labute approximate surface area is 82.0 Å². The summed E-state index contributed by atoms with van der Waals surface area (Å²) in [6.45, 7) is 1.96. The van der Waals surface area contributed by atoms with Crippen LogP contribution in [0.2, 0.25) is 0 Å². The summed E-state index contributed by atoms with van der Waals surface area (Å²) < 4.78 is 1.94. The van der Waals surface area contributed by atoms with E-state index >= 15 is 0 Å². The second kappa shape index (κ2) is 3.34. The molecule has 5 heteroatoms. The van der Waals surface area contributed by atoms with E-state index < -0.39 is 0 Å². The predicted octanol–water partition coefficient (Wildman–Crippen LogP) is 0.253. The maximum atomic E-state index is 5.73. The number of fused-ring (bicyclic) bond motifs is 1. The fraction of sp³-hybridized carbons (Fsp3) is 0.444. The van der Waals surface area contributed by atoms with Gasteiger partial charge in [-0.2, -0.15) is 5.10 Å². The number of hydrogen-bond acceptors (Lipinski definition) is 4. The van der Waals surface area contributed by atoms with Crippen LogP contribution >= 0.6 is 0 Å². The minimum atomic E-state index is 0.110. The molecule has 0 aliphatic heterocycles. The number of aryl methyl sites for hydroxylation is 1. The summed E-state index contributed by atoms with van der Waals surface area (Å²) >= 11 is 0. The Kier molecular flexibility index (Phi) is 2.17. The van der Waals surface area contributed by atoms with E-state index in [2.05, 4.69) is 15.2 Å². The van der Waals surface area contributed by atoms with Crippen molar-refractivity contribution in [2.24, 2.45) is 12.8 Å². The first kappa shape index (κ1) is 9.08. The Morgan fingerprint density at radius 2 is 2.36 bits per heavy atom. The monoisotopic (exact) mass is 191 g/mol. The fourth-order valence-electron chi connectivity index (χ4n) is 1.45. The molecule has 0 amide bonds. The molecule has 2 aromatic heterocycles. The zero-order valence-corrected chi connectivity index (χ0v) is 8.31. The summed E-state index contributed by atoms with van der Waals surface area (Å²) in [6.07, 6.45) is 2.40. The summed E-state index contributed by atoms with van der Waals surface area (Å²) in [4.78, 5) is 4.43. The van der Waals surface area contributed by atoms with Crippen LogP contribution in [-0.4, -0.2) is 25.8 Å². The molecule has 0 saturated carbocycles. The van der Waals surface area contributed by atoms with Gasteiger partial charge in [-0.05, 0) is 13.0 Å². The Hall–Kier alpha value is -1.49. The Morgan fingerprint density at radius 1 is 1.57 bits per heavy atom. The van der Waals surface area contributed by atoms with Gasteiger partial charge in [0, 0.05) is 19.5 Å². The maximum absolute atomic E-state index is 5.73. The van der Waals surface area contributed by atoms with Gasteiger partial charge in [0.2, 0.25) is 0 Å². The van der Waals surface area contributed by atoms with Gasteiger partial charge in [0.05, 0.1) is 6.20 Å². The molecule has 0 bridgehead atoms. The number of imidazole rings is 1. The van der Waals surface area contributed by atoms with Gasteiger partial charge in [-0.1, -0.05) is 0 Å². The SMILES string of the molecule is CC(N)Cc1nc2ccnnc2n1C.